The average molecular weight is 172 g/mol. The molecule has 0 saturated carbocycles. The third-order valence-corrected chi connectivity index (χ3v) is 1.92. The largest absolute Gasteiger partial charge is 0.492 e. The predicted molar refractivity (Wildman–Crippen MR) is 42.0 cm³/mol. The molecule has 0 aliphatic carbocycles. The number of aromatic nitrogens is 2. The van der Waals surface area contributed by atoms with Crippen LogP contribution in [0.15, 0.2) is 11.2 Å². The van der Waals surface area contributed by atoms with Crippen molar-refractivity contribution in [3.63, 3.8) is 0 Å². The second-order valence-corrected chi connectivity index (χ2v) is 2.56. The molecule has 0 spiro atoms. The van der Waals surface area contributed by atoms with Crippen LogP contribution in [0.25, 0.3) is 0 Å². The Morgan fingerprint density at radius 2 is 2.27 bits per heavy atom. The number of hydrogen-bond donors (Lipinski definition) is 1. The van der Waals surface area contributed by atoms with Crippen molar-refractivity contribution < 1.29 is 9.84 Å². The number of methoxy groups -OCH3 is 1. The van der Waals surface area contributed by atoms with E-state index in [0.717, 1.165) is 0 Å². The quantitative estimate of drug-likeness (QED) is 0.672. The van der Waals surface area contributed by atoms with Crippen molar-refractivity contribution >= 4 is 11.8 Å². The van der Waals surface area contributed by atoms with Crippen LogP contribution in [0, 0.1) is 0 Å². The Morgan fingerprint density at radius 1 is 1.55 bits per heavy atom. The molecule has 0 saturated heterocycles. The molecule has 0 amide bonds. The maximum Gasteiger partial charge on any atom is 0.234 e. The smallest absolute Gasteiger partial charge is 0.234 e. The molecule has 0 aromatic carbocycles. The predicted octanol–water partition coefficient (Wildman–Crippen LogP) is 0.913. The van der Waals surface area contributed by atoms with Gasteiger partial charge in [0.15, 0.2) is 0 Å². The standard InChI is InChI=1S/C6H8N2O2S/c1-10-6-4(11-2)5(9)7-3-8-6/h3H,1-2H3,(H,7,8,9). The van der Waals surface area contributed by atoms with Crippen LogP contribution in [0.2, 0.25) is 0 Å². The molecule has 1 heterocycles. The molecule has 0 atom stereocenters. The Labute approximate surface area is 68.6 Å². The third kappa shape index (κ3) is 1.54. The van der Waals surface area contributed by atoms with E-state index >= 15 is 0 Å². The van der Waals surface area contributed by atoms with Crippen molar-refractivity contribution in [1.29, 1.82) is 0 Å². The highest BCUT2D eigenvalue weighted by Crippen LogP contribution is 2.31. The van der Waals surface area contributed by atoms with Crippen molar-refractivity contribution in [1.82, 2.24) is 9.97 Å². The monoisotopic (exact) mass is 172 g/mol. The summed E-state index contributed by atoms with van der Waals surface area (Å²) in [4.78, 5) is 7.98. The molecule has 0 fully saturated rings. The first-order valence-electron chi connectivity index (χ1n) is 2.91. The maximum atomic E-state index is 9.17. The first-order chi connectivity index (χ1) is 5.29. The van der Waals surface area contributed by atoms with Gasteiger partial charge in [-0.05, 0) is 6.26 Å². The summed E-state index contributed by atoms with van der Waals surface area (Å²) in [6.45, 7) is 0. The molecular weight excluding hydrogens is 164 g/mol. The SMILES string of the molecule is COc1ncnc(O)c1SC. The lowest BCUT2D eigenvalue weighted by molar-refractivity contribution is 0.367. The number of aromatic hydroxyl groups is 1. The van der Waals surface area contributed by atoms with Gasteiger partial charge in [0.2, 0.25) is 11.8 Å². The van der Waals surface area contributed by atoms with Crippen LogP contribution in [0.4, 0.5) is 0 Å². The second-order valence-electron chi connectivity index (χ2n) is 1.74. The number of hydrogen-bond acceptors (Lipinski definition) is 5. The number of nitrogens with zero attached hydrogens (tertiary/aromatic N) is 2. The van der Waals surface area contributed by atoms with Gasteiger partial charge in [-0.25, -0.2) is 9.97 Å². The molecule has 0 aliphatic rings. The van der Waals surface area contributed by atoms with Crippen LogP contribution in [0.5, 0.6) is 11.8 Å². The molecule has 5 heteroatoms. The second kappa shape index (κ2) is 3.43. The van der Waals surface area contributed by atoms with Gasteiger partial charge < -0.3 is 9.84 Å². The highest BCUT2D eigenvalue weighted by molar-refractivity contribution is 7.98. The minimum atomic E-state index is -0.0376. The first kappa shape index (κ1) is 8.13. The van der Waals surface area contributed by atoms with Gasteiger partial charge in [-0.1, -0.05) is 0 Å². The first-order valence-corrected chi connectivity index (χ1v) is 4.14. The van der Waals surface area contributed by atoms with Crippen LogP contribution >= 0.6 is 11.8 Å². The molecular formula is C6H8N2O2S. The van der Waals surface area contributed by atoms with E-state index in [1.165, 1.54) is 25.2 Å². The molecule has 1 N–H and O–H groups in total. The van der Waals surface area contributed by atoms with E-state index in [9.17, 15) is 5.11 Å². The van der Waals surface area contributed by atoms with E-state index < -0.39 is 0 Å². The zero-order chi connectivity index (χ0) is 8.27. The molecule has 1 aromatic heterocycles. The zero-order valence-electron chi connectivity index (χ0n) is 6.24. The van der Waals surface area contributed by atoms with Crippen molar-refractivity contribution in [3.8, 4) is 11.8 Å². The fourth-order valence-electron chi connectivity index (χ4n) is 0.673. The highest BCUT2D eigenvalue weighted by atomic mass is 32.2. The van der Waals surface area contributed by atoms with Crippen molar-refractivity contribution in [2.45, 2.75) is 4.90 Å². The summed E-state index contributed by atoms with van der Waals surface area (Å²) < 4.78 is 4.89. The van der Waals surface area contributed by atoms with E-state index in [1.54, 1.807) is 0 Å². The van der Waals surface area contributed by atoms with Crippen LogP contribution in [0.3, 0.4) is 0 Å². The van der Waals surface area contributed by atoms with Gasteiger partial charge in [0, 0.05) is 0 Å². The van der Waals surface area contributed by atoms with Crippen molar-refractivity contribution in [3.05, 3.63) is 6.33 Å². The van der Waals surface area contributed by atoms with Gasteiger partial charge in [-0.15, -0.1) is 11.8 Å². The number of rotatable bonds is 2. The Balaban J connectivity index is 3.13. The van der Waals surface area contributed by atoms with Crippen LogP contribution < -0.4 is 4.74 Å². The lowest BCUT2D eigenvalue weighted by atomic mass is 10.6. The summed E-state index contributed by atoms with van der Waals surface area (Å²) in [6.07, 6.45) is 3.08. The van der Waals surface area contributed by atoms with Crippen molar-refractivity contribution in [2.75, 3.05) is 13.4 Å². The number of thioether (sulfide) groups is 1. The molecule has 11 heavy (non-hydrogen) atoms. The third-order valence-electron chi connectivity index (χ3n) is 1.15. The lowest BCUT2D eigenvalue weighted by Gasteiger charge is -2.03. The molecule has 0 aliphatic heterocycles. The Kier molecular flexibility index (Phi) is 2.53. The van der Waals surface area contributed by atoms with E-state index in [0.29, 0.717) is 10.8 Å². The van der Waals surface area contributed by atoms with Gasteiger partial charge >= 0.3 is 0 Å². The molecule has 0 radical (unpaired) electrons. The van der Waals surface area contributed by atoms with E-state index in [-0.39, 0.29) is 5.88 Å². The van der Waals surface area contributed by atoms with Crippen molar-refractivity contribution in [2.24, 2.45) is 0 Å². The van der Waals surface area contributed by atoms with Gasteiger partial charge in [0.25, 0.3) is 0 Å². The average Bonchev–Trinajstić information content (AvgIpc) is 2.04. The Hall–Kier alpha value is -0.970. The van der Waals surface area contributed by atoms with Gasteiger partial charge in [0.05, 0.1) is 7.11 Å². The Bertz CT molecular complexity index is 254. The van der Waals surface area contributed by atoms with Crippen LogP contribution in [-0.4, -0.2) is 28.4 Å². The molecule has 1 rings (SSSR count). The van der Waals surface area contributed by atoms with E-state index in [2.05, 4.69) is 9.97 Å². The summed E-state index contributed by atoms with van der Waals surface area (Å²) >= 11 is 1.35. The molecule has 60 valence electrons. The minimum absolute atomic E-state index is 0.0376. The molecule has 0 unspecified atom stereocenters. The molecule has 1 aromatic rings. The van der Waals surface area contributed by atoms with Crippen LogP contribution in [0.1, 0.15) is 0 Å². The minimum Gasteiger partial charge on any atom is -0.492 e. The van der Waals surface area contributed by atoms with E-state index in [4.69, 9.17) is 4.74 Å². The number of ether oxygens (including phenoxy) is 1. The normalized spacial score (nSPS) is 9.64. The fraction of sp³-hybridized carbons (Fsp3) is 0.333. The summed E-state index contributed by atoms with van der Waals surface area (Å²) in [5.41, 5.74) is 0. The maximum absolute atomic E-state index is 9.17. The summed E-state index contributed by atoms with van der Waals surface area (Å²) in [5.74, 6) is 0.370. The van der Waals surface area contributed by atoms with Crippen LogP contribution in [-0.2, 0) is 0 Å². The summed E-state index contributed by atoms with van der Waals surface area (Å²) in [5, 5.41) is 9.17. The zero-order valence-corrected chi connectivity index (χ0v) is 7.05. The fourth-order valence-corrected chi connectivity index (χ4v) is 1.22. The van der Waals surface area contributed by atoms with E-state index in [1.807, 2.05) is 6.26 Å². The lowest BCUT2D eigenvalue weighted by Crippen LogP contribution is -1.91. The summed E-state index contributed by atoms with van der Waals surface area (Å²) in [6, 6.07) is 0. The summed E-state index contributed by atoms with van der Waals surface area (Å²) in [7, 11) is 1.50. The Morgan fingerprint density at radius 3 is 2.73 bits per heavy atom. The van der Waals surface area contributed by atoms with Gasteiger partial charge in [-0.3, -0.25) is 0 Å². The highest BCUT2D eigenvalue weighted by Gasteiger charge is 2.08. The van der Waals surface area contributed by atoms with Gasteiger partial charge in [-0.2, -0.15) is 0 Å². The molecule has 0 bridgehead atoms. The topological polar surface area (TPSA) is 55.2 Å². The molecule has 4 nitrogen and oxygen atoms in total. The van der Waals surface area contributed by atoms with Gasteiger partial charge in [0.1, 0.15) is 11.2 Å².